The monoisotopic (exact) mass is 482 g/mol. The molecule has 0 spiro atoms. The SMILES string of the molecule is COc1cccc(-c2cc(C(F)(F)F)nc(-n3nc(-c4cn(C)nc4C)cc3C(F)(F)F)n2)c1. The highest BCUT2D eigenvalue weighted by atomic mass is 19.4. The summed E-state index contributed by atoms with van der Waals surface area (Å²) in [5, 5.41) is 7.98. The fourth-order valence-electron chi connectivity index (χ4n) is 3.32. The van der Waals surface area contributed by atoms with Crippen molar-refractivity contribution in [3.05, 3.63) is 59.7 Å². The van der Waals surface area contributed by atoms with Crippen molar-refractivity contribution in [3.8, 4) is 34.2 Å². The third-order valence-electron chi connectivity index (χ3n) is 4.85. The van der Waals surface area contributed by atoms with Crippen LogP contribution in [0.5, 0.6) is 5.75 Å². The van der Waals surface area contributed by atoms with Gasteiger partial charge in [0.25, 0.3) is 5.95 Å². The fraction of sp³-hybridized carbons (Fsp3) is 0.238. The smallest absolute Gasteiger partial charge is 0.433 e. The molecular weight excluding hydrogens is 466 g/mol. The molecule has 0 saturated heterocycles. The Morgan fingerprint density at radius 3 is 2.21 bits per heavy atom. The van der Waals surface area contributed by atoms with Crippen molar-refractivity contribution >= 4 is 0 Å². The van der Waals surface area contributed by atoms with Gasteiger partial charge >= 0.3 is 12.4 Å². The van der Waals surface area contributed by atoms with E-state index in [1.54, 1.807) is 20.0 Å². The van der Waals surface area contributed by atoms with Crippen LogP contribution in [0.1, 0.15) is 17.1 Å². The van der Waals surface area contributed by atoms with Gasteiger partial charge < -0.3 is 4.74 Å². The normalized spacial score (nSPS) is 12.3. The van der Waals surface area contributed by atoms with Gasteiger partial charge in [0.15, 0.2) is 11.4 Å². The molecule has 0 unspecified atom stereocenters. The lowest BCUT2D eigenvalue weighted by molar-refractivity contribution is -0.143. The molecule has 0 bridgehead atoms. The first-order chi connectivity index (χ1) is 15.9. The fourth-order valence-corrected chi connectivity index (χ4v) is 3.32. The van der Waals surface area contributed by atoms with Crippen molar-refractivity contribution in [2.75, 3.05) is 7.11 Å². The topological polar surface area (TPSA) is 70.7 Å². The van der Waals surface area contributed by atoms with E-state index in [1.165, 1.54) is 36.2 Å². The summed E-state index contributed by atoms with van der Waals surface area (Å²) in [5.74, 6) is -0.552. The molecule has 13 heteroatoms. The second-order valence-electron chi connectivity index (χ2n) is 7.29. The van der Waals surface area contributed by atoms with E-state index in [2.05, 4.69) is 20.2 Å². The molecule has 34 heavy (non-hydrogen) atoms. The minimum Gasteiger partial charge on any atom is -0.497 e. The quantitative estimate of drug-likeness (QED) is 0.379. The van der Waals surface area contributed by atoms with Crippen molar-refractivity contribution < 1.29 is 31.1 Å². The van der Waals surface area contributed by atoms with Crippen molar-refractivity contribution in [1.29, 1.82) is 0 Å². The summed E-state index contributed by atoms with van der Waals surface area (Å²) >= 11 is 0. The number of nitrogens with zero attached hydrogens (tertiary/aromatic N) is 6. The number of halogens is 6. The molecule has 0 saturated carbocycles. The zero-order valence-corrected chi connectivity index (χ0v) is 17.9. The van der Waals surface area contributed by atoms with Gasteiger partial charge in [-0.25, -0.2) is 9.97 Å². The summed E-state index contributed by atoms with van der Waals surface area (Å²) in [6, 6.07) is 7.31. The molecule has 1 aromatic carbocycles. The van der Waals surface area contributed by atoms with Crippen LogP contribution in [-0.2, 0) is 19.4 Å². The molecule has 0 atom stereocenters. The first-order valence-electron chi connectivity index (χ1n) is 9.66. The maximum Gasteiger partial charge on any atom is 0.433 e. The molecule has 4 rings (SSSR count). The molecule has 0 aliphatic heterocycles. The van der Waals surface area contributed by atoms with E-state index in [4.69, 9.17) is 4.74 Å². The largest absolute Gasteiger partial charge is 0.497 e. The number of methoxy groups -OCH3 is 1. The Kier molecular flexibility index (Phi) is 5.58. The molecule has 3 heterocycles. The van der Waals surface area contributed by atoms with Gasteiger partial charge in [0.1, 0.15) is 5.75 Å². The molecule has 0 aliphatic carbocycles. The predicted molar refractivity (Wildman–Crippen MR) is 108 cm³/mol. The van der Waals surface area contributed by atoms with Crippen LogP contribution in [0.25, 0.3) is 28.5 Å². The second kappa shape index (κ2) is 8.15. The summed E-state index contributed by atoms with van der Waals surface area (Å²) in [6.07, 6.45) is -8.44. The van der Waals surface area contributed by atoms with Crippen LogP contribution < -0.4 is 4.74 Å². The summed E-state index contributed by atoms with van der Waals surface area (Å²) in [5.41, 5.74) is -2.27. The highest BCUT2D eigenvalue weighted by molar-refractivity contribution is 5.64. The summed E-state index contributed by atoms with van der Waals surface area (Å²) < 4.78 is 89.1. The first kappa shape index (κ1) is 23.3. The third kappa shape index (κ3) is 4.45. The molecule has 0 radical (unpaired) electrons. The van der Waals surface area contributed by atoms with Crippen molar-refractivity contribution in [3.63, 3.8) is 0 Å². The lowest BCUT2D eigenvalue weighted by Crippen LogP contribution is -2.18. The Morgan fingerprint density at radius 1 is 0.882 bits per heavy atom. The zero-order valence-electron chi connectivity index (χ0n) is 17.9. The van der Waals surface area contributed by atoms with Crippen molar-refractivity contribution in [2.24, 2.45) is 7.05 Å². The Bertz CT molecular complexity index is 1350. The van der Waals surface area contributed by atoms with Gasteiger partial charge in [-0.2, -0.15) is 41.2 Å². The van der Waals surface area contributed by atoms with Crippen molar-refractivity contribution in [1.82, 2.24) is 29.5 Å². The Hall–Kier alpha value is -3.90. The van der Waals surface area contributed by atoms with Crippen LogP contribution >= 0.6 is 0 Å². The van der Waals surface area contributed by atoms with E-state index >= 15 is 0 Å². The lowest BCUT2D eigenvalue weighted by atomic mass is 10.1. The number of alkyl halides is 6. The van der Waals surface area contributed by atoms with E-state index < -0.39 is 29.7 Å². The number of benzene rings is 1. The van der Waals surface area contributed by atoms with Gasteiger partial charge in [-0.05, 0) is 31.2 Å². The number of rotatable bonds is 4. The highest BCUT2D eigenvalue weighted by Crippen LogP contribution is 2.36. The summed E-state index contributed by atoms with van der Waals surface area (Å²) in [4.78, 5) is 7.35. The molecule has 0 amide bonds. The maximum absolute atomic E-state index is 13.8. The number of hydrogen-bond donors (Lipinski definition) is 0. The minimum atomic E-state index is -4.95. The standard InChI is InChI=1S/C21H16F6N6O/c1-11-14(10-32(2)30-11)16-9-18(21(25,26)27)33(31-16)19-28-15(8-17(29-19)20(22,23)24)12-5-4-6-13(7-12)34-3/h4-10H,1-3H3. The van der Waals surface area contributed by atoms with Crippen LogP contribution in [0.3, 0.4) is 0 Å². The van der Waals surface area contributed by atoms with E-state index in [1.807, 2.05) is 0 Å². The number of ether oxygens (including phenoxy) is 1. The van der Waals surface area contributed by atoms with Gasteiger partial charge in [0.05, 0.1) is 24.2 Å². The predicted octanol–water partition coefficient (Wildman–Crippen LogP) is 5.08. The molecular formula is C21H16F6N6O. The van der Waals surface area contributed by atoms with Gasteiger partial charge in [-0.15, -0.1) is 0 Å². The molecule has 0 aliphatic rings. The Morgan fingerprint density at radius 2 is 1.62 bits per heavy atom. The van der Waals surface area contributed by atoms with Crippen LogP contribution in [0.4, 0.5) is 26.3 Å². The van der Waals surface area contributed by atoms with Crippen LogP contribution in [0.15, 0.2) is 42.6 Å². The molecule has 4 aromatic rings. The van der Waals surface area contributed by atoms with Gasteiger partial charge in [0, 0.05) is 24.4 Å². The van der Waals surface area contributed by atoms with Gasteiger partial charge in [-0.1, -0.05) is 12.1 Å². The molecule has 7 nitrogen and oxygen atoms in total. The lowest BCUT2D eigenvalue weighted by Gasteiger charge is -2.13. The molecule has 3 aromatic heterocycles. The molecule has 0 fully saturated rings. The number of hydrogen-bond acceptors (Lipinski definition) is 5. The van der Waals surface area contributed by atoms with Crippen molar-refractivity contribution in [2.45, 2.75) is 19.3 Å². The van der Waals surface area contributed by atoms with Crippen LogP contribution in [0, 0.1) is 6.92 Å². The second-order valence-corrected chi connectivity index (χ2v) is 7.29. The van der Waals surface area contributed by atoms with Crippen LogP contribution in [0.2, 0.25) is 0 Å². The van der Waals surface area contributed by atoms with Crippen LogP contribution in [-0.4, -0.2) is 36.6 Å². The summed E-state index contributed by atoms with van der Waals surface area (Å²) in [7, 11) is 2.95. The third-order valence-corrected chi connectivity index (χ3v) is 4.85. The Labute approximate surface area is 188 Å². The maximum atomic E-state index is 13.8. The molecule has 0 N–H and O–H groups in total. The van der Waals surface area contributed by atoms with E-state index in [9.17, 15) is 26.3 Å². The van der Waals surface area contributed by atoms with E-state index in [-0.39, 0.29) is 27.2 Å². The summed E-state index contributed by atoms with van der Waals surface area (Å²) in [6.45, 7) is 1.57. The average molecular weight is 482 g/mol. The number of aromatic nitrogens is 6. The minimum absolute atomic E-state index is 0.137. The van der Waals surface area contributed by atoms with Gasteiger partial charge in [-0.3, -0.25) is 4.68 Å². The highest BCUT2D eigenvalue weighted by Gasteiger charge is 2.39. The zero-order chi connectivity index (χ0) is 24.8. The average Bonchev–Trinajstić information content (AvgIpc) is 3.36. The number of aryl methyl sites for hydroxylation is 2. The molecule has 178 valence electrons. The van der Waals surface area contributed by atoms with E-state index in [0.717, 1.165) is 6.07 Å². The first-order valence-corrected chi connectivity index (χ1v) is 9.66. The Balaban J connectivity index is 1.97. The van der Waals surface area contributed by atoms with Gasteiger partial charge in [0.2, 0.25) is 0 Å². The van der Waals surface area contributed by atoms with E-state index in [0.29, 0.717) is 17.5 Å².